The van der Waals surface area contributed by atoms with E-state index in [1.165, 1.54) is 0 Å². The van der Waals surface area contributed by atoms with Crippen LogP contribution in [0.3, 0.4) is 0 Å². The fourth-order valence-corrected chi connectivity index (χ4v) is 3.31. The molecule has 2 N–H and O–H groups in total. The number of carbonyl (C=O) groups excluding carboxylic acids is 2. The number of nitrogens with zero attached hydrogens (tertiary/aromatic N) is 1. The minimum atomic E-state index is -0.522. The van der Waals surface area contributed by atoms with Crippen LogP contribution < -0.4 is 10.6 Å². The van der Waals surface area contributed by atoms with Crippen LogP contribution in [0.25, 0.3) is 0 Å². The predicted molar refractivity (Wildman–Crippen MR) is 86.4 cm³/mol. The quantitative estimate of drug-likeness (QED) is 0.771. The number of halogens is 2. The molecule has 0 radical (unpaired) electrons. The molecular weight excluding hydrogens is 325 g/mol. The molecule has 1 unspecified atom stereocenters. The molecule has 1 spiro atoms. The lowest BCUT2D eigenvalue weighted by Gasteiger charge is -2.46. The summed E-state index contributed by atoms with van der Waals surface area (Å²) in [5.41, 5.74) is 0.814. The van der Waals surface area contributed by atoms with Crippen molar-refractivity contribution in [2.45, 2.75) is 30.8 Å². The molecule has 1 aromatic rings. The van der Waals surface area contributed by atoms with E-state index in [-0.39, 0.29) is 11.8 Å². The van der Waals surface area contributed by atoms with Crippen molar-refractivity contribution >= 4 is 40.7 Å². The minimum absolute atomic E-state index is 0.0640. The van der Waals surface area contributed by atoms with E-state index < -0.39 is 11.0 Å². The largest absolute Gasteiger partial charge is 0.362 e. The third-order valence-corrected chi connectivity index (χ3v) is 4.64. The highest BCUT2D eigenvalue weighted by Gasteiger charge is 2.41. The van der Waals surface area contributed by atoms with Crippen molar-refractivity contribution in [1.82, 2.24) is 10.2 Å². The second-order valence-corrected chi connectivity index (χ2v) is 6.88. The first-order chi connectivity index (χ1) is 10.4. The fraction of sp³-hybridized carbons (Fsp3) is 0.467. The number of piperidine rings is 1. The molecule has 2 aliphatic rings. The molecule has 1 fully saturated rings. The van der Waals surface area contributed by atoms with Crippen LogP contribution in [0.15, 0.2) is 18.2 Å². The number of fused-ring (bicyclic) bond motifs is 1. The molecule has 1 atom stereocenters. The minimum Gasteiger partial charge on any atom is -0.362 e. The molecule has 2 aliphatic heterocycles. The fourth-order valence-electron chi connectivity index (χ4n) is 3.00. The molecule has 0 saturated carbocycles. The number of likely N-dealkylation sites (tertiary alicyclic amines) is 1. The van der Waals surface area contributed by atoms with Crippen LogP contribution in [0.4, 0.5) is 5.69 Å². The topological polar surface area (TPSA) is 61.4 Å². The summed E-state index contributed by atoms with van der Waals surface area (Å²) < 4.78 is 0. The van der Waals surface area contributed by atoms with Gasteiger partial charge in [0.15, 0.2) is 0 Å². The van der Waals surface area contributed by atoms with Crippen LogP contribution in [0, 0.1) is 0 Å². The number of carbonyl (C=O) groups is 2. The molecule has 7 heteroatoms. The molecule has 2 amide bonds. The van der Waals surface area contributed by atoms with Crippen molar-refractivity contribution in [2.75, 3.05) is 18.4 Å². The molecule has 118 valence electrons. The number of alkyl halides is 1. The lowest BCUT2D eigenvalue weighted by molar-refractivity contribution is -0.132. The molecule has 2 heterocycles. The number of amides is 2. The van der Waals surface area contributed by atoms with Crippen molar-refractivity contribution in [1.29, 1.82) is 0 Å². The Labute approximate surface area is 138 Å². The standard InChI is InChI=1S/C15H17Cl2N3O2/c1-9(16)14(22)20-6-4-15(5-7-20)18-12-3-2-10(17)8-11(12)13(21)19-15/h2-3,8-9,18H,4-7H2,1H3,(H,19,21). The zero-order valence-corrected chi connectivity index (χ0v) is 13.7. The van der Waals surface area contributed by atoms with E-state index in [2.05, 4.69) is 10.6 Å². The number of benzene rings is 1. The monoisotopic (exact) mass is 341 g/mol. The average molecular weight is 342 g/mol. The summed E-state index contributed by atoms with van der Waals surface area (Å²) in [6.07, 6.45) is 1.27. The van der Waals surface area contributed by atoms with Crippen molar-refractivity contribution in [3.63, 3.8) is 0 Å². The van der Waals surface area contributed by atoms with Gasteiger partial charge in [-0.3, -0.25) is 9.59 Å². The summed E-state index contributed by atoms with van der Waals surface area (Å²) in [5, 5.41) is 6.43. The van der Waals surface area contributed by atoms with Gasteiger partial charge in [-0.25, -0.2) is 0 Å². The number of hydrogen-bond acceptors (Lipinski definition) is 3. The Kier molecular flexibility index (Phi) is 3.95. The third-order valence-electron chi connectivity index (χ3n) is 4.22. The summed E-state index contributed by atoms with van der Waals surface area (Å²) in [6, 6.07) is 5.23. The molecular formula is C15H17Cl2N3O2. The van der Waals surface area contributed by atoms with E-state index in [4.69, 9.17) is 23.2 Å². The van der Waals surface area contributed by atoms with E-state index in [9.17, 15) is 9.59 Å². The van der Waals surface area contributed by atoms with Crippen LogP contribution in [0.5, 0.6) is 0 Å². The summed E-state index contributed by atoms with van der Waals surface area (Å²) in [6.45, 7) is 2.80. The molecule has 0 bridgehead atoms. The van der Waals surface area contributed by atoms with E-state index in [1.807, 2.05) is 6.07 Å². The highest BCUT2D eigenvalue weighted by Crippen LogP contribution is 2.32. The Morgan fingerprint density at radius 2 is 2.00 bits per heavy atom. The Morgan fingerprint density at radius 3 is 2.64 bits per heavy atom. The molecule has 0 aliphatic carbocycles. The first-order valence-corrected chi connectivity index (χ1v) is 8.05. The van der Waals surface area contributed by atoms with Crippen molar-refractivity contribution in [3.8, 4) is 0 Å². The number of rotatable bonds is 1. The van der Waals surface area contributed by atoms with Crippen LogP contribution in [-0.4, -0.2) is 40.8 Å². The van der Waals surface area contributed by atoms with Gasteiger partial charge in [0.05, 0.1) is 5.56 Å². The van der Waals surface area contributed by atoms with Gasteiger partial charge in [-0.05, 0) is 25.1 Å². The van der Waals surface area contributed by atoms with Gasteiger partial charge >= 0.3 is 0 Å². The number of hydrogen-bond donors (Lipinski definition) is 2. The number of anilines is 1. The average Bonchev–Trinajstić information content (AvgIpc) is 2.48. The van der Waals surface area contributed by atoms with E-state index >= 15 is 0 Å². The summed E-state index contributed by atoms with van der Waals surface area (Å²) in [4.78, 5) is 26.0. The van der Waals surface area contributed by atoms with Gasteiger partial charge in [0.1, 0.15) is 11.0 Å². The first kappa shape index (κ1) is 15.4. The SMILES string of the molecule is CC(Cl)C(=O)N1CCC2(CC1)NC(=O)c1cc(Cl)ccc1N2. The molecule has 3 rings (SSSR count). The van der Waals surface area contributed by atoms with Crippen molar-refractivity contribution < 1.29 is 9.59 Å². The lowest BCUT2D eigenvalue weighted by atomic mass is 9.92. The first-order valence-electron chi connectivity index (χ1n) is 7.23. The Balaban J connectivity index is 1.76. The summed E-state index contributed by atoms with van der Waals surface area (Å²) >= 11 is 11.8. The predicted octanol–water partition coefficient (Wildman–Crippen LogP) is 2.44. The molecule has 5 nitrogen and oxygen atoms in total. The highest BCUT2D eigenvalue weighted by molar-refractivity contribution is 6.31. The van der Waals surface area contributed by atoms with Crippen molar-refractivity contribution in [2.24, 2.45) is 0 Å². The van der Waals surface area contributed by atoms with Crippen LogP contribution >= 0.6 is 23.2 Å². The van der Waals surface area contributed by atoms with E-state index in [0.29, 0.717) is 36.5 Å². The van der Waals surface area contributed by atoms with Gasteiger partial charge in [0.2, 0.25) is 5.91 Å². The highest BCUT2D eigenvalue weighted by atomic mass is 35.5. The zero-order chi connectivity index (χ0) is 15.9. The maximum atomic E-state index is 12.3. The van der Waals surface area contributed by atoms with Gasteiger partial charge in [0.25, 0.3) is 5.91 Å². The van der Waals surface area contributed by atoms with Crippen molar-refractivity contribution in [3.05, 3.63) is 28.8 Å². The second kappa shape index (κ2) is 5.63. The van der Waals surface area contributed by atoms with Gasteiger partial charge in [-0.15, -0.1) is 11.6 Å². The van der Waals surface area contributed by atoms with Crippen LogP contribution in [-0.2, 0) is 4.79 Å². The Bertz CT molecular complexity index is 625. The van der Waals surface area contributed by atoms with Gasteiger partial charge in [-0.1, -0.05) is 11.6 Å². The van der Waals surface area contributed by atoms with E-state index in [1.54, 1.807) is 24.0 Å². The molecule has 1 saturated heterocycles. The lowest BCUT2D eigenvalue weighted by Crippen LogP contribution is -2.63. The van der Waals surface area contributed by atoms with Gasteiger partial charge in [-0.2, -0.15) is 0 Å². The third kappa shape index (κ3) is 2.75. The molecule has 1 aromatic carbocycles. The maximum Gasteiger partial charge on any atom is 0.255 e. The van der Waals surface area contributed by atoms with Gasteiger partial charge in [0, 0.05) is 36.6 Å². The maximum absolute atomic E-state index is 12.3. The Morgan fingerprint density at radius 1 is 1.32 bits per heavy atom. The molecule has 22 heavy (non-hydrogen) atoms. The Hall–Kier alpha value is -1.46. The smallest absolute Gasteiger partial charge is 0.255 e. The zero-order valence-electron chi connectivity index (χ0n) is 12.2. The number of nitrogens with one attached hydrogen (secondary N) is 2. The van der Waals surface area contributed by atoms with Crippen LogP contribution in [0.1, 0.15) is 30.1 Å². The second-order valence-electron chi connectivity index (χ2n) is 5.79. The normalized spacial score (nSPS) is 20.9. The van der Waals surface area contributed by atoms with E-state index in [0.717, 1.165) is 5.69 Å². The molecule has 0 aromatic heterocycles. The summed E-state index contributed by atoms with van der Waals surface area (Å²) in [5.74, 6) is -0.201. The summed E-state index contributed by atoms with van der Waals surface area (Å²) in [7, 11) is 0. The van der Waals surface area contributed by atoms with Gasteiger partial charge < -0.3 is 15.5 Å². The van der Waals surface area contributed by atoms with Crippen LogP contribution in [0.2, 0.25) is 5.02 Å².